The van der Waals surface area contributed by atoms with E-state index in [0.717, 1.165) is 27.0 Å². The van der Waals surface area contributed by atoms with E-state index >= 15 is 0 Å². The second-order valence-electron chi connectivity index (χ2n) is 12.3. The largest absolute Gasteiger partial charge is 0.398 e. The Labute approximate surface area is 246 Å². The first-order chi connectivity index (χ1) is 18.1. The lowest BCUT2D eigenvalue weighted by molar-refractivity contribution is 0.590. The van der Waals surface area contributed by atoms with Crippen LogP contribution in [0.5, 0.6) is 0 Å². The van der Waals surface area contributed by atoms with Gasteiger partial charge in [-0.15, -0.1) is 0 Å². The fraction of sp³-hybridized carbons (Fsp3) is 0.333. The Kier molecular flexibility index (Phi) is 11.4. The molecule has 0 aromatic heterocycles. The van der Waals surface area contributed by atoms with Gasteiger partial charge in [-0.05, 0) is 96.2 Å². The van der Waals surface area contributed by atoms with Gasteiger partial charge in [-0.2, -0.15) is 0 Å². The molecule has 0 bridgehead atoms. The molecule has 0 spiro atoms. The zero-order valence-corrected chi connectivity index (χ0v) is 27.1. The van der Waals surface area contributed by atoms with E-state index in [0.29, 0.717) is 0 Å². The van der Waals surface area contributed by atoms with Gasteiger partial charge >= 0.3 is 0 Å². The number of nitrogens with one attached hydrogen (secondary N) is 1. The van der Waals surface area contributed by atoms with Gasteiger partial charge in [0, 0.05) is 21.5 Å². The van der Waals surface area contributed by atoms with E-state index in [1.807, 2.05) is 32.0 Å². The molecule has 0 amide bonds. The maximum absolute atomic E-state index is 5.68. The molecular weight excluding hydrogens is 540 g/mol. The van der Waals surface area contributed by atoms with Crippen LogP contribution in [-0.2, 0) is 10.8 Å². The average Bonchev–Trinajstić information content (AvgIpc) is 2.85. The highest BCUT2D eigenvalue weighted by Crippen LogP contribution is 2.27. The van der Waals surface area contributed by atoms with E-state index in [2.05, 4.69) is 143 Å². The Morgan fingerprint density at radius 2 is 0.897 bits per heavy atom. The van der Waals surface area contributed by atoms with Crippen molar-refractivity contribution in [3.63, 3.8) is 0 Å². The van der Waals surface area contributed by atoms with Crippen LogP contribution in [0.1, 0.15) is 74.9 Å². The molecule has 0 aliphatic heterocycles. The summed E-state index contributed by atoms with van der Waals surface area (Å²) in [6, 6.07) is 29.6. The summed E-state index contributed by atoms with van der Waals surface area (Å²) in [7, 11) is 0. The molecule has 0 saturated carbocycles. The summed E-state index contributed by atoms with van der Waals surface area (Å²) in [5.74, 6) is 0. The zero-order chi connectivity index (χ0) is 29.4. The average molecular weight is 588 g/mol. The van der Waals surface area contributed by atoms with Gasteiger partial charge in [0.2, 0.25) is 0 Å². The summed E-state index contributed by atoms with van der Waals surface area (Å²) in [6.07, 6.45) is 0. The van der Waals surface area contributed by atoms with Crippen molar-refractivity contribution in [3.8, 4) is 0 Å². The molecule has 0 atom stereocenters. The molecule has 3 heteroatoms. The molecule has 0 aliphatic carbocycles. The number of nitrogens with two attached hydrogens (primary N) is 1. The van der Waals surface area contributed by atoms with Crippen LogP contribution >= 0.6 is 15.9 Å². The number of hydrogen-bond acceptors (Lipinski definition) is 2. The zero-order valence-electron chi connectivity index (χ0n) is 25.5. The number of rotatable bonds is 2. The molecule has 3 N–H and O–H groups in total. The molecule has 4 rings (SSSR count). The predicted octanol–water partition coefficient (Wildman–Crippen LogP) is 11.0. The van der Waals surface area contributed by atoms with E-state index < -0.39 is 0 Å². The van der Waals surface area contributed by atoms with E-state index in [1.165, 1.54) is 27.9 Å². The van der Waals surface area contributed by atoms with Crippen LogP contribution in [0.25, 0.3) is 0 Å². The number of para-hydroxylation sites is 2. The standard InChI is InChI=1S/C18H23N.C10H13Br.C8H11N/c1-13-7-6-8-14(2)17(13)19-16-11-9-15(10-12-16)18(3,4)5;1-10(2,3)8-4-6-9(11)7-5-8;1-6-4-3-5-7(2)8(6)9/h6-12,19H,1-5H3;4-7H,1-3H3;3-5H,9H2,1-2H3. The van der Waals surface area contributed by atoms with Crippen LogP contribution in [-0.4, -0.2) is 0 Å². The Hall–Kier alpha value is -3.04. The number of benzene rings is 4. The number of hydrogen-bond donors (Lipinski definition) is 2. The highest BCUT2D eigenvalue weighted by molar-refractivity contribution is 9.10. The fourth-order valence-electron chi connectivity index (χ4n) is 3.99. The Bertz CT molecular complexity index is 1280. The lowest BCUT2D eigenvalue weighted by Crippen LogP contribution is -2.10. The van der Waals surface area contributed by atoms with E-state index in [-0.39, 0.29) is 10.8 Å². The predicted molar refractivity (Wildman–Crippen MR) is 178 cm³/mol. The lowest BCUT2D eigenvalue weighted by atomic mass is 9.87. The van der Waals surface area contributed by atoms with E-state index in [9.17, 15) is 0 Å². The van der Waals surface area contributed by atoms with E-state index in [1.54, 1.807) is 0 Å². The van der Waals surface area contributed by atoms with Crippen molar-refractivity contribution in [3.05, 3.63) is 123 Å². The van der Waals surface area contributed by atoms with Gasteiger partial charge in [-0.25, -0.2) is 0 Å². The van der Waals surface area contributed by atoms with Crippen LogP contribution in [0, 0.1) is 27.7 Å². The normalized spacial score (nSPS) is 11.1. The second kappa shape index (κ2) is 13.8. The van der Waals surface area contributed by atoms with Crippen molar-refractivity contribution in [1.29, 1.82) is 0 Å². The third-order valence-electron chi connectivity index (χ3n) is 6.75. The molecule has 4 aromatic carbocycles. The summed E-state index contributed by atoms with van der Waals surface area (Å²) in [5, 5.41) is 3.52. The van der Waals surface area contributed by atoms with Gasteiger partial charge in [-0.3, -0.25) is 0 Å². The molecule has 4 aromatic rings. The lowest BCUT2D eigenvalue weighted by Gasteiger charge is -2.20. The van der Waals surface area contributed by atoms with Crippen molar-refractivity contribution in [2.24, 2.45) is 0 Å². The summed E-state index contributed by atoms with van der Waals surface area (Å²) >= 11 is 3.41. The topological polar surface area (TPSA) is 38.0 Å². The summed E-state index contributed by atoms with van der Waals surface area (Å²) in [5.41, 5.74) is 17.0. The Balaban J connectivity index is 0.000000226. The first-order valence-corrected chi connectivity index (χ1v) is 14.4. The molecule has 0 radical (unpaired) electrons. The van der Waals surface area contributed by atoms with Gasteiger partial charge in [0.1, 0.15) is 0 Å². The molecular formula is C36H47BrN2. The summed E-state index contributed by atoms with van der Waals surface area (Å²) in [6.45, 7) is 21.7. The van der Waals surface area contributed by atoms with Gasteiger partial charge in [-0.1, -0.05) is 118 Å². The minimum atomic E-state index is 0.205. The summed E-state index contributed by atoms with van der Waals surface area (Å²) in [4.78, 5) is 0. The Morgan fingerprint density at radius 3 is 1.26 bits per heavy atom. The molecule has 0 fully saturated rings. The van der Waals surface area contributed by atoms with Crippen molar-refractivity contribution in [2.75, 3.05) is 11.1 Å². The van der Waals surface area contributed by atoms with Gasteiger partial charge in [0.25, 0.3) is 0 Å². The van der Waals surface area contributed by atoms with Crippen LogP contribution in [0.3, 0.4) is 0 Å². The second-order valence-corrected chi connectivity index (χ2v) is 13.2. The van der Waals surface area contributed by atoms with Crippen LogP contribution < -0.4 is 11.1 Å². The maximum atomic E-state index is 5.68. The smallest absolute Gasteiger partial charge is 0.0443 e. The van der Waals surface area contributed by atoms with E-state index in [4.69, 9.17) is 5.73 Å². The maximum Gasteiger partial charge on any atom is 0.0443 e. The van der Waals surface area contributed by atoms with Crippen molar-refractivity contribution in [2.45, 2.75) is 80.1 Å². The van der Waals surface area contributed by atoms with Gasteiger partial charge < -0.3 is 11.1 Å². The number of nitrogen functional groups attached to an aromatic ring is 1. The molecule has 208 valence electrons. The van der Waals surface area contributed by atoms with Crippen LogP contribution in [0.15, 0.2) is 89.4 Å². The van der Waals surface area contributed by atoms with Crippen molar-refractivity contribution in [1.82, 2.24) is 0 Å². The SMILES string of the molecule is CC(C)(C)c1ccc(Br)cc1.Cc1cccc(C)c1N.Cc1cccc(C)c1Nc1ccc(C(C)(C)C)cc1. The third-order valence-corrected chi connectivity index (χ3v) is 7.28. The molecule has 0 heterocycles. The van der Waals surface area contributed by atoms with Crippen molar-refractivity contribution < 1.29 is 0 Å². The fourth-order valence-corrected chi connectivity index (χ4v) is 4.25. The number of halogens is 1. The Morgan fingerprint density at radius 1 is 0.538 bits per heavy atom. The van der Waals surface area contributed by atoms with Crippen molar-refractivity contribution >= 4 is 33.0 Å². The first kappa shape index (κ1) is 32.2. The van der Waals surface area contributed by atoms with Gasteiger partial charge in [0.05, 0.1) is 0 Å². The molecule has 0 saturated heterocycles. The quantitative estimate of drug-likeness (QED) is 0.229. The highest BCUT2D eigenvalue weighted by Gasteiger charge is 2.13. The highest BCUT2D eigenvalue weighted by atomic mass is 79.9. The summed E-state index contributed by atoms with van der Waals surface area (Å²) < 4.78 is 1.14. The van der Waals surface area contributed by atoms with Gasteiger partial charge in [0.15, 0.2) is 0 Å². The van der Waals surface area contributed by atoms with Crippen LogP contribution in [0.2, 0.25) is 0 Å². The number of aryl methyl sites for hydroxylation is 4. The minimum Gasteiger partial charge on any atom is -0.398 e. The molecule has 39 heavy (non-hydrogen) atoms. The monoisotopic (exact) mass is 586 g/mol. The number of anilines is 3. The minimum absolute atomic E-state index is 0.205. The third kappa shape index (κ3) is 10.2. The molecule has 0 unspecified atom stereocenters. The first-order valence-electron chi connectivity index (χ1n) is 13.6. The molecule has 2 nitrogen and oxygen atoms in total. The van der Waals surface area contributed by atoms with Crippen LogP contribution in [0.4, 0.5) is 17.1 Å². The molecule has 0 aliphatic rings.